The summed E-state index contributed by atoms with van der Waals surface area (Å²) in [4.78, 5) is 0. The summed E-state index contributed by atoms with van der Waals surface area (Å²) >= 11 is 0. The molecular weight excluding hydrogens is 234 g/mol. The molecule has 0 aromatic rings. The SMILES string of the molecule is CC(C)CC(CN)C(O)C12CC3CC(CC(C3)C1)C2. The Hall–Kier alpha value is -0.0800. The van der Waals surface area contributed by atoms with E-state index in [1.54, 1.807) is 0 Å². The molecule has 19 heavy (non-hydrogen) atoms. The van der Waals surface area contributed by atoms with Crippen molar-refractivity contribution in [2.24, 2.45) is 40.7 Å². The van der Waals surface area contributed by atoms with Crippen molar-refractivity contribution in [3.8, 4) is 0 Å². The molecule has 4 saturated carbocycles. The summed E-state index contributed by atoms with van der Waals surface area (Å²) in [6, 6.07) is 0. The summed E-state index contributed by atoms with van der Waals surface area (Å²) in [6.07, 6.45) is 9.14. The Morgan fingerprint density at radius 1 is 1.05 bits per heavy atom. The first-order valence-electron chi connectivity index (χ1n) is 8.40. The van der Waals surface area contributed by atoms with Gasteiger partial charge in [-0.25, -0.2) is 0 Å². The molecular formula is C17H31NO. The maximum absolute atomic E-state index is 11.0. The Kier molecular flexibility index (Phi) is 3.68. The van der Waals surface area contributed by atoms with Crippen molar-refractivity contribution < 1.29 is 5.11 Å². The largest absolute Gasteiger partial charge is 0.392 e. The quantitative estimate of drug-likeness (QED) is 0.802. The van der Waals surface area contributed by atoms with Gasteiger partial charge in [-0.2, -0.15) is 0 Å². The van der Waals surface area contributed by atoms with Gasteiger partial charge < -0.3 is 10.8 Å². The first-order chi connectivity index (χ1) is 9.02. The van der Waals surface area contributed by atoms with Crippen LogP contribution in [0, 0.1) is 35.0 Å². The van der Waals surface area contributed by atoms with Crippen LogP contribution < -0.4 is 5.73 Å². The Balaban J connectivity index is 1.76. The zero-order valence-electron chi connectivity index (χ0n) is 12.6. The molecule has 0 heterocycles. The summed E-state index contributed by atoms with van der Waals surface area (Å²) < 4.78 is 0. The van der Waals surface area contributed by atoms with Crippen molar-refractivity contribution in [2.45, 2.75) is 64.9 Å². The molecule has 4 rings (SSSR count). The lowest BCUT2D eigenvalue weighted by Crippen LogP contribution is -2.54. The average Bonchev–Trinajstić information content (AvgIpc) is 2.33. The van der Waals surface area contributed by atoms with Crippen molar-refractivity contribution in [1.29, 1.82) is 0 Å². The third-order valence-corrected chi connectivity index (χ3v) is 6.24. The fraction of sp³-hybridized carbons (Fsp3) is 1.00. The van der Waals surface area contributed by atoms with Crippen molar-refractivity contribution in [2.75, 3.05) is 6.54 Å². The van der Waals surface area contributed by atoms with Gasteiger partial charge in [0.25, 0.3) is 0 Å². The zero-order chi connectivity index (χ0) is 13.6. The smallest absolute Gasteiger partial charge is 0.0636 e. The minimum absolute atomic E-state index is 0.145. The minimum atomic E-state index is -0.145. The van der Waals surface area contributed by atoms with E-state index in [-0.39, 0.29) is 11.5 Å². The summed E-state index contributed by atoms with van der Waals surface area (Å²) in [5.74, 6) is 3.70. The highest BCUT2D eigenvalue weighted by atomic mass is 16.3. The molecule has 0 aliphatic heterocycles. The molecule has 0 aromatic carbocycles. The van der Waals surface area contributed by atoms with Gasteiger partial charge in [0.15, 0.2) is 0 Å². The summed E-state index contributed by atoms with van der Waals surface area (Å²) in [6.45, 7) is 5.14. The highest BCUT2D eigenvalue weighted by Gasteiger charge is 2.55. The van der Waals surface area contributed by atoms with E-state index in [2.05, 4.69) is 13.8 Å². The lowest BCUT2D eigenvalue weighted by Gasteiger charge is -2.59. The van der Waals surface area contributed by atoms with E-state index in [1.165, 1.54) is 38.5 Å². The Labute approximate surface area is 118 Å². The van der Waals surface area contributed by atoms with E-state index in [0.717, 1.165) is 24.2 Å². The summed E-state index contributed by atoms with van der Waals surface area (Å²) in [5.41, 5.74) is 6.22. The van der Waals surface area contributed by atoms with Crippen molar-refractivity contribution >= 4 is 0 Å². The molecule has 2 heteroatoms. The fourth-order valence-electron chi connectivity index (χ4n) is 6.00. The van der Waals surface area contributed by atoms with Gasteiger partial charge in [-0.15, -0.1) is 0 Å². The molecule has 4 aliphatic carbocycles. The van der Waals surface area contributed by atoms with Crippen LogP contribution in [0.25, 0.3) is 0 Å². The van der Waals surface area contributed by atoms with Gasteiger partial charge >= 0.3 is 0 Å². The molecule has 2 nitrogen and oxygen atoms in total. The van der Waals surface area contributed by atoms with Gasteiger partial charge in [-0.3, -0.25) is 0 Å². The normalized spacial score (nSPS) is 43.7. The maximum Gasteiger partial charge on any atom is 0.0636 e. The third kappa shape index (κ3) is 2.47. The first-order valence-corrected chi connectivity index (χ1v) is 8.40. The number of hydrogen-bond acceptors (Lipinski definition) is 2. The van der Waals surface area contributed by atoms with Crippen LogP contribution in [0.1, 0.15) is 58.8 Å². The molecule has 0 spiro atoms. The second kappa shape index (κ2) is 5.04. The standard InChI is InChI=1S/C17H31NO/c1-11(2)3-15(10-18)16(19)17-7-12-4-13(8-17)6-14(5-12)9-17/h11-16,19H,3-10,18H2,1-2H3. The van der Waals surface area contributed by atoms with Crippen LogP contribution in [0.3, 0.4) is 0 Å². The fourth-order valence-corrected chi connectivity index (χ4v) is 6.00. The van der Waals surface area contributed by atoms with E-state index in [9.17, 15) is 5.11 Å². The van der Waals surface area contributed by atoms with Crippen LogP contribution in [0.2, 0.25) is 0 Å². The Morgan fingerprint density at radius 3 is 1.89 bits per heavy atom. The van der Waals surface area contributed by atoms with Crippen molar-refractivity contribution in [1.82, 2.24) is 0 Å². The van der Waals surface area contributed by atoms with Crippen LogP contribution in [0.15, 0.2) is 0 Å². The van der Waals surface area contributed by atoms with Crippen molar-refractivity contribution in [3.05, 3.63) is 0 Å². The summed E-state index contributed by atoms with van der Waals surface area (Å²) in [7, 11) is 0. The molecule has 4 bridgehead atoms. The van der Waals surface area contributed by atoms with Gasteiger partial charge in [0.05, 0.1) is 6.10 Å². The van der Waals surface area contributed by atoms with Crippen LogP contribution >= 0.6 is 0 Å². The van der Waals surface area contributed by atoms with Gasteiger partial charge in [-0.1, -0.05) is 13.8 Å². The lowest BCUT2D eigenvalue weighted by atomic mass is 9.47. The maximum atomic E-state index is 11.0. The number of nitrogens with two attached hydrogens (primary N) is 1. The number of aliphatic hydroxyl groups excluding tert-OH is 1. The molecule has 4 fully saturated rings. The number of rotatable bonds is 5. The van der Waals surface area contributed by atoms with E-state index in [4.69, 9.17) is 5.73 Å². The van der Waals surface area contributed by atoms with Gasteiger partial charge in [0.2, 0.25) is 0 Å². The predicted octanol–water partition coefficient (Wildman–Crippen LogP) is 3.18. The molecule has 0 radical (unpaired) electrons. The van der Waals surface area contributed by atoms with Crippen LogP contribution in [0.4, 0.5) is 0 Å². The third-order valence-electron chi connectivity index (χ3n) is 6.24. The predicted molar refractivity (Wildman–Crippen MR) is 78.6 cm³/mol. The molecule has 0 saturated heterocycles. The molecule has 3 N–H and O–H groups in total. The molecule has 2 atom stereocenters. The van der Waals surface area contributed by atoms with Gasteiger partial charge in [-0.05, 0) is 86.5 Å². The van der Waals surface area contributed by atoms with E-state index >= 15 is 0 Å². The lowest BCUT2D eigenvalue weighted by molar-refractivity contribution is -0.138. The van der Waals surface area contributed by atoms with Gasteiger partial charge in [0, 0.05) is 0 Å². The monoisotopic (exact) mass is 265 g/mol. The average molecular weight is 265 g/mol. The summed E-state index contributed by atoms with van der Waals surface area (Å²) in [5, 5.41) is 11.0. The van der Waals surface area contributed by atoms with Crippen LogP contribution in [-0.4, -0.2) is 17.8 Å². The minimum Gasteiger partial charge on any atom is -0.392 e. The second-order valence-corrected chi connectivity index (χ2v) is 8.35. The van der Waals surface area contributed by atoms with Gasteiger partial charge in [0.1, 0.15) is 0 Å². The highest BCUT2D eigenvalue weighted by Crippen LogP contribution is 2.62. The molecule has 0 aromatic heterocycles. The van der Waals surface area contributed by atoms with Crippen molar-refractivity contribution in [3.63, 3.8) is 0 Å². The first kappa shape index (κ1) is 13.9. The molecule has 4 aliphatic rings. The second-order valence-electron chi connectivity index (χ2n) is 8.35. The topological polar surface area (TPSA) is 46.2 Å². The van der Waals surface area contributed by atoms with E-state index in [1.807, 2.05) is 0 Å². The van der Waals surface area contributed by atoms with E-state index in [0.29, 0.717) is 18.4 Å². The molecule has 2 unspecified atom stereocenters. The molecule has 0 amide bonds. The van der Waals surface area contributed by atoms with E-state index < -0.39 is 0 Å². The Bertz CT molecular complexity index is 290. The molecule has 110 valence electrons. The Morgan fingerprint density at radius 2 is 1.53 bits per heavy atom. The zero-order valence-corrected chi connectivity index (χ0v) is 12.6. The number of hydrogen-bond donors (Lipinski definition) is 2. The van der Waals surface area contributed by atoms with Crippen LogP contribution in [-0.2, 0) is 0 Å². The highest BCUT2D eigenvalue weighted by molar-refractivity contribution is 5.05. The van der Waals surface area contributed by atoms with Crippen LogP contribution in [0.5, 0.6) is 0 Å². The number of aliphatic hydroxyl groups is 1.